The summed E-state index contributed by atoms with van der Waals surface area (Å²) in [6, 6.07) is 1.93. The van der Waals surface area contributed by atoms with Crippen LogP contribution in [0.2, 0.25) is 5.15 Å². The van der Waals surface area contributed by atoms with Crippen molar-refractivity contribution in [2.24, 2.45) is 5.92 Å². The summed E-state index contributed by atoms with van der Waals surface area (Å²) in [6.45, 7) is 3.60. The molecule has 1 aromatic rings. The van der Waals surface area contributed by atoms with E-state index in [-0.39, 0.29) is 5.15 Å². The second kappa shape index (κ2) is 4.96. The second-order valence-corrected chi connectivity index (χ2v) is 5.09. The number of halogens is 4. The quantitative estimate of drug-likeness (QED) is 0.722. The summed E-state index contributed by atoms with van der Waals surface area (Å²) in [5.74, 6) is 0.934. The van der Waals surface area contributed by atoms with Crippen LogP contribution in [-0.2, 0) is 6.18 Å². The Labute approximate surface area is 109 Å². The van der Waals surface area contributed by atoms with Crippen LogP contribution in [0.25, 0.3) is 0 Å². The molecule has 18 heavy (non-hydrogen) atoms. The lowest BCUT2D eigenvalue weighted by molar-refractivity contribution is -0.137. The van der Waals surface area contributed by atoms with Crippen LogP contribution >= 0.6 is 11.6 Å². The molecule has 0 N–H and O–H groups in total. The number of alkyl halides is 3. The van der Waals surface area contributed by atoms with Crippen LogP contribution in [0.3, 0.4) is 0 Å². The lowest BCUT2D eigenvalue weighted by Gasteiger charge is -2.31. The minimum absolute atomic E-state index is 0.113. The van der Waals surface area contributed by atoms with Gasteiger partial charge in [0.15, 0.2) is 0 Å². The number of piperidine rings is 1. The predicted molar refractivity (Wildman–Crippen MR) is 64.9 cm³/mol. The molecular formula is C12H14ClF3N2. The Morgan fingerprint density at radius 2 is 1.89 bits per heavy atom. The van der Waals surface area contributed by atoms with Crippen molar-refractivity contribution in [3.63, 3.8) is 0 Å². The molecule has 1 fully saturated rings. The van der Waals surface area contributed by atoms with Gasteiger partial charge in [-0.05, 0) is 30.9 Å². The number of aromatic nitrogens is 1. The molecule has 6 heteroatoms. The van der Waals surface area contributed by atoms with Gasteiger partial charge in [0.1, 0.15) is 11.0 Å². The summed E-state index contributed by atoms with van der Waals surface area (Å²) in [5, 5.41) is -0.113. The summed E-state index contributed by atoms with van der Waals surface area (Å²) < 4.78 is 38.0. The van der Waals surface area contributed by atoms with Gasteiger partial charge in [-0.2, -0.15) is 13.2 Å². The van der Waals surface area contributed by atoms with Gasteiger partial charge in [-0.15, -0.1) is 0 Å². The third-order valence-corrected chi connectivity index (χ3v) is 3.41. The van der Waals surface area contributed by atoms with E-state index >= 15 is 0 Å². The Hall–Kier alpha value is -0.970. The standard InChI is InChI=1S/C12H14ClF3N2/c1-8-2-4-18(5-3-8)11-7-9(12(14,15)16)6-10(13)17-11/h6-8H,2-5H2,1H3. The zero-order valence-corrected chi connectivity index (χ0v) is 10.7. The van der Waals surface area contributed by atoms with Crippen LogP contribution in [0.15, 0.2) is 12.1 Å². The SMILES string of the molecule is CC1CCN(c2cc(C(F)(F)F)cc(Cl)n2)CC1. The monoisotopic (exact) mass is 278 g/mol. The molecule has 2 rings (SSSR count). The predicted octanol–water partition coefficient (Wildman–Crippen LogP) is 3.99. The Morgan fingerprint density at radius 1 is 1.28 bits per heavy atom. The van der Waals surface area contributed by atoms with E-state index in [1.807, 2.05) is 4.90 Å². The topological polar surface area (TPSA) is 16.1 Å². The number of hydrogen-bond acceptors (Lipinski definition) is 2. The minimum atomic E-state index is -4.38. The average Bonchev–Trinajstić information content (AvgIpc) is 2.28. The maximum absolute atomic E-state index is 12.7. The van der Waals surface area contributed by atoms with Crippen LogP contribution in [-0.4, -0.2) is 18.1 Å². The van der Waals surface area contributed by atoms with Crippen molar-refractivity contribution in [3.8, 4) is 0 Å². The Morgan fingerprint density at radius 3 is 2.44 bits per heavy atom. The fourth-order valence-corrected chi connectivity index (χ4v) is 2.25. The zero-order chi connectivity index (χ0) is 13.3. The van der Waals surface area contributed by atoms with Gasteiger partial charge >= 0.3 is 6.18 Å². The molecule has 1 aromatic heterocycles. The van der Waals surface area contributed by atoms with Crippen LogP contribution in [0, 0.1) is 5.92 Å². The van der Waals surface area contributed by atoms with E-state index in [4.69, 9.17) is 11.6 Å². The first-order chi connectivity index (χ1) is 8.36. The van der Waals surface area contributed by atoms with Gasteiger partial charge in [0.05, 0.1) is 5.56 Å². The highest BCUT2D eigenvalue weighted by atomic mass is 35.5. The largest absolute Gasteiger partial charge is 0.416 e. The second-order valence-electron chi connectivity index (χ2n) is 4.70. The van der Waals surface area contributed by atoms with E-state index in [1.54, 1.807) is 0 Å². The summed E-state index contributed by atoms with van der Waals surface area (Å²) >= 11 is 5.67. The lowest BCUT2D eigenvalue weighted by atomic mass is 9.99. The molecule has 1 aliphatic heterocycles. The number of hydrogen-bond donors (Lipinski definition) is 0. The number of nitrogens with zero attached hydrogens (tertiary/aromatic N) is 2. The van der Waals surface area contributed by atoms with E-state index in [0.29, 0.717) is 11.7 Å². The zero-order valence-electron chi connectivity index (χ0n) is 9.97. The molecule has 100 valence electrons. The molecule has 0 spiro atoms. The summed E-state index contributed by atoms with van der Waals surface area (Å²) in [6.07, 6.45) is -2.45. The smallest absolute Gasteiger partial charge is 0.357 e. The molecule has 0 amide bonds. The molecule has 0 bridgehead atoms. The van der Waals surface area contributed by atoms with Crippen LogP contribution in [0.4, 0.5) is 19.0 Å². The highest BCUT2D eigenvalue weighted by molar-refractivity contribution is 6.29. The molecule has 0 atom stereocenters. The molecule has 0 saturated carbocycles. The van der Waals surface area contributed by atoms with Gasteiger partial charge in [0.2, 0.25) is 0 Å². The highest BCUT2D eigenvalue weighted by Gasteiger charge is 2.32. The molecule has 0 aliphatic carbocycles. The molecule has 2 heterocycles. The molecule has 0 radical (unpaired) electrons. The van der Waals surface area contributed by atoms with Gasteiger partial charge in [0, 0.05) is 13.1 Å². The van der Waals surface area contributed by atoms with Crippen molar-refractivity contribution in [1.82, 2.24) is 4.98 Å². The van der Waals surface area contributed by atoms with Gasteiger partial charge in [-0.3, -0.25) is 0 Å². The van der Waals surface area contributed by atoms with Crippen molar-refractivity contribution in [2.45, 2.75) is 25.9 Å². The summed E-state index contributed by atoms with van der Waals surface area (Å²) in [5.41, 5.74) is -0.740. The van der Waals surface area contributed by atoms with Crippen molar-refractivity contribution in [3.05, 3.63) is 22.8 Å². The summed E-state index contributed by atoms with van der Waals surface area (Å²) in [7, 11) is 0. The number of anilines is 1. The minimum Gasteiger partial charge on any atom is -0.357 e. The van der Waals surface area contributed by atoms with Crippen LogP contribution in [0.1, 0.15) is 25.3 Å². The number of rotatable bonds is 1. The van der Waals surface area contributed by atoms with E-state index in [2.05, 4.69) is 11.9 Å². The average molecular weight is 279 g/mol. The Balaban J connectivity index is 2.25. The molecule has 0 aromatic carbocycles. The molecule has 1 saturated heterocycles. The van der Waals surface area contributed by atoms with Crippen molar-refractivity contribution in [1.29, 1.82) is 0 Å². The van der Waals surface area contributed by atoms with Gasteiger partial charge < -0.3 is 4.90 Å². The van der Waals surface area contributed by atoms with E-state index < -0.39 is 11.7 Å². The lowest BCUT2D eigenvalue weighted by Crippen LogP contribution is -2.33. The fraction of sp³-hybridized carbons (Fsp3) is 0.583. The van der Waals surface area contributed by atoms with Crippen molar-refractivity contribution in [2.75, 3.05) is 18.0 Å². The third kappa shape index (κ3) is 3.07. The van der Waals surface area contributed by atoms with Crippen LogP contribution < -0.4 is 4.90 Å². The molecule has 0 unspecified atom stereocenters. The molecule has 1 aliphatic rings. The van der Waals surface area contributed by atoms with Gasteiger partial charge in [-0.25, -0.2) is 4.98 Å². The molecule has 2 nitrogen and oxygen atoms in total. The van der Waals surface area contributed by atoms with Crippen molar-refractivity contribution >= 4 is 17.4 Å². The number of pyridine rings is 1. The first-order valence-corrected chi connectivity index (χ1v) is 6.24. The maximum Gasteiger partial charge on any atom is 0.416 e. The normalized spacial score (nSPS) is 18.2. The van der Waals surface area contributed by atoms with Gasteiger partial charge in [-0.1, -0.05) is 18.5 Å². The highest BCUT2D eigenvalue weighted by Crippen LogP contribution is 2.33. The van der Waals surface area contributed by atoms with E-state index in [9.17, 15) is 13.2 Å². The fourth-order valence-electron chi connectivity index (χ4n) is 2.05. The van der Waals surface area contributed by atoms with E-state index in [0.717, 1.165) is 38.1 Å². The maximum atomic E-state index is 12.7. The van der Waals surface area contributed by atoms with Crippen molar-refractivity contribution < 1.29 is 13.2 Å². The Kier molecular flexibility index (Phi) is 3.71. The first kappa shape index (κ1) is 13.5. The third-order valence-electron chi connectivity index (χ3n) is 3.22. The molecular weight excluding hydrogens is 265 g/mol. The Bertz CT molecular complexity index is 426. The first-order valence-electron chi connectivity index (χ1n) is 5.86. The van der Waals surface area contributed by atoms with E-state index in [1.165, 1.54) is 0 Å². The summed E-state index contributed by atoms with van der Waals surface area (Å²) in [4.78, 5) is 5.85. The van der Waals surface area contributed by atoms with Crippen LogP contribution in [0.5, 0.6) is 0 Å². The van der Waals surface area contributed by atoms with Gasteiger partial charge in [0.25, 0.3) is 0 Å².